The Balaban J connectivity index is 1.89. The van der Waals surface area contributed by atoms with Crippen LogP contribution in [0.25, 0.3) is 0 Å². The molecule has 0 radical (unpaired) electrons. The number of hydrogen-bond acceptors (Lipinski definition) is 4. The van der Waals surface area contributed by atoms with E-state index in [2.05, 4.69) is 24.3 Å². The third-order valence-corrected chi connectivity index (χ3v) is 4.38. The molecule has 0 aliphatic carbocycles. The molecule has 1 unspecified atom stereocenters. The van der Waals surface area contributed by atoms with Crippen molar-refractivity contribution in [1.29, 1.82) is 0 Å². The van der Waals surface area contributed by atoms with Crippen molar-refractivity contribution in [3.8, 4) is 0 Å². The molecule has 4 heteroatoms. The minimum atomic E-state index is 0.389. The van der Waals surface area contributed by atoms with Crippen LogP contribution in [0.1, 0.15) is 31.7 Å². The van der Waals surface area contributed by atoms with Gasteiger partial charge in [-0.2, -0.15) is 11.8 Å². The maximum Gasteiger partial charge on any atom is 0.150 e. The van der Waals surface area contributed by atoms with E-state index in [0.717, 1.165) is 18.0 Å². The summed E-state index contributed by atoms with van der Waals surface area (Å²) in [5.74, 6) is 3.41. The van der Waals surface area contributed by atoms with Gasteiger partial charge in [0.25, 0.3) is 0 Å². The van der Waals surface area contributed by atoms with Crippen molar-refractivity contribution in [2.24, 2.45) is 5.41 Å². The van der Waals surface area contributed by atoms with Crippen LogP contribution < -0.4 is 5.32 Å². The summed E-state index contributed by atoms with van der Waals surface area (Å²) in [6.07, 6.45) is 1.28. The van der Waals surface area contributed by atoms with E-state index in [9.17, 15) is 0 Å². The van der Waals surface area contributed by atoms with Gasteiger partial charge in [0.1, 0.15) is 0 Å². The molecule has 2 heterocycles. The number of nitrogens with one attached hydrogen (secondary N) is 1. The first-order valence-electron chi connectivity index (χ1n) is 5.81. The largest absolute Gasteiger partial charge is 0.360 e. The number of hydrogen-bond donors (Lipinski definition) is 1. The Labute approximate surface area is 101 Å². The normalized spacial score (nSPS) is 24.6. The highest BCUT2D eigenvalue weighted by molar-refractivity contribution is 7.99. The molecule has 0 aromatic carbocycles. The average molecular weight is 240 g/mol. The van der Waals surface area contributed by atoms with E-state index in [-0.39, 0.29) is 0 Å². The van der Waals surface area contributed by atoms with Crippen molar-refractivity contribution in [1.82, 2.24) is 10.5 Å². The predicted molar refractivity (Wildman–Crippen MR) is 67.6 cm³/mol. The van der Waals surface area contributed by atoms with Gasteiger partial charge in [-0.05, 0) is 24.5 Å². The second-order valence-corrected chi connectivity index (χ2v) is 6.33. The van der Waals surface area contributed by atoms with E-state index >= 15 is 0 Å². The van der Waals surface area contributed by atoms with E-state index < -0.39 is 0 Å². The van der Waals surface area contributed by atoms with Crippen LogP contribution in [-0.4, -0.2) is 22.7 Å². The third kappa shape index (κ3) is 2.80. The molecule has 1 aromatic rings. The Hall–Kier alpha value is -0.480. The summed E-state index contributed by atoms with van der Waals surface area (Å²) in [4.78, 5) is 0. The highest BCUT2D eigenvalue weighted by Crippen LogP contribution is 2.34. The molecule has 0 spiro atoms. The highest BCUT2D eigenvalue weighted by atomic mass is 32.2. The lowest BCUT2D eigenvalue weighted by Gasteiger charge is -2.38. The van der Waals surface area contributed by atoms with Crippen LogP contribution in [0.15, 0.2) is 10.6 Å². The molecular weight excluding hydrogens is 220 g/mol. The summed E-state index contributed by atoms with van der Waals surface area (Å²) < 4.78 is 5.20. The van der Waals surface area contributed by atoms with Crippen LogP contribution in [0.4, 0.5) is 0 Å². The van der Waals surface area contributed by atoms with Crippen LogP contribution in [0.5, 0.6) is 0 Å². The molecule has 90 valence electrons. The van der Waals surface area contributed by atoms with Crippen molar-refractivity contribution < 1.29 is 4.52 Å². The first-order chi connectivity index (χ1) is 7.58. The second kappa shape index (κ2) is 4.80. The SMILES string of the molecule is Cc1cc(CNC2CSCCC2(C)C)on1. The summed E-state index contributed by atoms with van der Waals surface area (Å²) in [7, 11) is 0. The van der Waals surface area contributed by atoms with Crippen LogP contribution >= 0.6 is 11.8 Å². The predicted octanol–water partition coefficient (Wildman–Crippen LogP) is 2.60. The second-order valence-electron chi connectivity index (χ2n) is 5.18. The van der Waals surface area contributed by atoms with Gasteiger partial charge in [-0.15, -0.1) is 0 Å². The zero-order valence-corrected chi connectivity index (χ0v) is 11.1. The lowest BCUT2D eigenvalue weighted by molar-refractivity contribution is 0.237. The molecule has 1 saturated heterocycles. The fraction of sp³-hybridized carbons (Fsp3) is 0.750. The number of aryl methyl sites for hydroxylation is 1. The smallest absolute Gasteiger partial charge is 0.150 e. The lowest BCUT2D eigenvalue weighted by atomic mass is 9.82. The van der Waals surface area contributed by atoms with Crippen LogP contribution in [0, 0.1) is 12.3 Å². The lowest BCUT2D eigenvalue weighted by Crippen LogP contribution is -2.46. The summed E-state index contributed by atoms with van der Waals surface area (Å²) in [6.45, 7) is 7.43. The summed E-state index contributed by atoms with van der Waals surface area (Å²) in [5, 5.41) is 7.48. The van der Waals surface area contributed by atoms with Gasteiger partial charge in [0.2, 0.25) is 0 Å². The first kappa shape index (κ1) is 12.0. The number of aromatic nitrogens is 1. The molecule has 1 aliphatic rings. The molecule has 3 nitrogen and oxygen atoms in total. The fourth-order valence-corrected chi connectivity index (χ4v) is 3.64. The third-order valence-electron chi connectivity index (χ3n) is 3.32. The monoisotopic (exact) mass is 240 g/mol. The van der Waals surface area contributed by atoms with E-state index in [1.54, 1.807) is 0 Å². The van der Waals surface area contributed by atoms with Crippen molar-refractivity contribution in [3.05, 3.63) is 17.5 Å². The van der Waals surface area contributed by atoms with Crippen LogP contribution in [0.3, 0.4) is 0 Å². The van der Waals surface area contributed by atoms with Gasteiger partial charge in [-0.1, -0.05) is 19.0 Å². The minimum Gasteiger partial charge on any atom is -0.360 e. The maximum absolute atomic E-state index is 5.20. The molecule has 2 rings (SSSR count). The van der Waals surface area contributed by atoms with Gasteiger partial charge >= 0.3 is 0 Å². The zero-order chi connectivity index (χ0) is 11.6. The Morgan fingerprint density at radius 3 is 3.06 bits per heavy atom. The van der Waals surface area contributed by atoms with Crippen LogP contribution in [-0.2, 0) is 6.54 Å². The van der Waals surface area contributed by atoms with Gasteiger partial charge in [0, 0.05) is 17.9 Å². The first-order valence-corrected chi connectivity index (χ1v) is 6.97. The van der Waals surface area contributed by atoms with E-state index in [1.807, 2.05) is 24.8 Å². The molecule has 1 aromatic heterocycles. The minimum absolute atomic E-state index is 0.389. The number of nitrogens with zero attached hydrogens (tertiary/aromatic N) is 1. The molecular formula is C12H20N2OS. The topological polar surface area (TPSA) is 38.1 Å². The van der Waals surface area contributed by atoms with Crippen LogP contribution in [0.2, 0.25) is 0 Å². The van der Waals surface area contributed by atoms with Gasteiger partial charge in [-0.25, -0.2) is 0 Å². The summed E-state index contributed by atoms with van der Waals surface area (Å²) >= 11 is 2.04. The number of rotatable bonds is 3. The van der Waals surface area contributed by atoms with Gasteiger partial charge in [-0.3, -0.25) is 0 Å². The molecule has 16 heavy (non-hydrogen) atoms. The molecule has 1 aliphatic heterocycles. The zero-order valence-electron chi connectivity index (χ0n) is 10.2. The van der Waals surface area contributed by atoms with Gasteiger partial charge in [0.05, 0.1) is 12.2 Å². The van der Waals surface area contributed by atoms with Crippen molar-refractivity contribution in [3.63, 3.8) is 0 Å². The van der Waals surface area contributed by atoms with E-state index in [4.69, 9.17) is 4.52 Å². The number of thioether (sulfide) groups is 1. The Morgan fingerprint density at radius 2 is 2.44 bits per heavy atom. The van der Waals surface area contributed by atoms with Crippen molar-refractivity contribution in [2.75, 3.05) is 11.5 Å². The average Bonchev–Trinajstić information content (AvgIpc) is 2.62. The standard InChI is InChI=1S/C12H20N2OS/c1-9-6-10(15-14-9)7-13-11-8-16-5-4-12(11,2)3/h6,11,13H,4-5,7-8H2,1-3H3. The molecule has 0 saturated carbocycles. The summed E-state index contributed by atoms with van der Waals surface area (Å²) in [5.41, 5.74) is 1.34. The van der Waals surface area contributed by atoms with Crippen molar-refractivity contribution in [2.45, 2.75) is 39.8 Å². The molecule has 1 atom stereocenters. The Kier molecular flexibility index (Phi) is 3.60. The highest BCUT2D eigenvalue weighted by Gasteiger charge is 2.32. The Morgan fingerprint density at radius 1 is 1.62 bits per heavy atom. The van der Waals surface area contributed by atoms with Gasteiger partial charge in [0.15, 0.2) is 5.76 Å². The summed E-state index contributed by atoms with van der Waals surface area (Å²) in [6, 6.07) is 2.56. The Bertz CT molecular complexity index is 349. The van der Waals surface area contributed by atoms with E-state index in [0.29, 0.717) is 11.5 Å². The molecule has 0 amide bonds. The van der Waals surface area contributed by atoms with E-state index in [1.165, 1.54) is 17.9 Å². The fourth-order valence-electron chi connectivity index (χ4n) is 1.99. The van der Waals surface area contributed by atoms with Crippen molar-refractivity contribution >= 4 is 11.8 Å². The maximum atomic E-state index is 5.20. The van der Waals surface area contributed by atoms with Gasteiger partial charge < -0.3 is 9.84 Å². The quantitative estimate of drug-likeness (QED) is 0.881. The molecule has 1 fully saturated rings. The molecule has 1 N–H and O–H groups in total. The molecule has 0 bridgehead atoms.